The molecule has 5 rings (SSSR count). The molecular weight excluding hydrogens is 468 g/mol. The lowest BCUT2D eigenvalue weighted by molar-refractivity contribution is -0.140. The summed E-state index contributed by atoms with van der Waals surface area (Å²) >= 11 is 7.38. The Morgan fingerprint density at radius 1 is 1.03 bits per heavy atom. The number of carbonyl (C=O) groups excluding carboxylic acids is 2. The topological polar surface area (TPSA) is 68.1 Å². The van der Waals surface area contributed by atoms with Gasteiger partial charge in [-0.2, -0.15) is 0 Å². The number of rotatable bonds is 3. The van der Waals surface area contributed by atoms with Crippen molar-refractivity contribution in [2.24, 2.45) is 15.6 Å². The van der Waals surface area contributed by atoms with Crippen molar-refractivity contribution in [2.75, 3.05) is 0 Å². The van der Waals surface area contributed by atoms with E-state index in [0.29, 0.717) is 32.8 Å². The zero-order valence-corrected chi connectivity index (χ0v) is 20.0. The molecule has 0 aromatic heterocycles. The highest BCUT2D eigenvalue weighted by Gasteiger charge is 2.59. The van der Waals surface area contributed by atoms with Gasteiger partial charge in [0.05, 0.1) is 22.1 Å². The quantitative estimate of drug-likeness (QED) is 0.308. The normalized spacial score (nSPS) is 23.9. The average Bonchev–Trinajstić information content (AvgIpc) is 3.15. The second-order valence-electron chi connectivity index (χ2n) is 8.31. The minimum absolute atomic E-state index is 0.0106. The maximum absolute atomic E-state index is 14.3. The molecule has 7 heteroatoms. The first-order chi connectivity index (χ1) is 16.5. The monoisotopic (exact) mass is 488 g/mol. The molecule has 1 heterocycles. The number of carbonyl (C=O) groups is 2. The molecule has 3 aromatic rings. The number of nitrogens with zero attached hydrogens (tertiary/aromatic N) is 2. The van der Waals surface area contributed by atoms with Gasteiger partial charge >= 0.3 is 5.97 Å². The van der Waals surface area contributed by atoms with E-state index in [4.69, 9.17) is 21.4 Å². The molecule has 2 atom stereocenters. The van der Waals surface area contributed by atoms with Gasteiger partial charge < -0.3 is 4.84 Å². The summed E-state index contributed by atoms with van der Waals surface area (Å²) in [7, 11) is 0. The van der Waals surface area contributed by atoms with Crippen molar-refractivity contribution in [1.29, 1.82) is 0 Å². The molecule has 0 N–H and O–H groups in total. The molecule has 34 heavy (non-hydrogen) atoms. The lowest BCUT2D eigenvalue weighted by Gasteiger charge is -2.37. The number of fused-ring (bicyclic) bond motifs is 1. The molecule has 1 spiro atoms. The lowest BCUT2D eigenvalue weighted by Crippen LogP contribution is -2.44. The Kier molecular flexibility index (Phi) is 6.11. The fourth-order valence-electron chi connectivity index (χ4n) is 4.72. The number of hydrogen-bond donors (Lipinski definition) is 0. The van der Waals surface area contributed by atoms with E-state index in [1.165, 1.54) is 18.7 Å². The van der Waals surface area contributed by atoms with Gasteiger partial charge in [0.25, 0.3) is 0 Å². The average molecular weight is 489 g/mol. The molecule has 0 amide bonds. The Balaban J connectivity index is 1.74. The van der Waals surface area contributed by atoms with Crippen molar-refractivity contribution in [1.82, 2.24) is 0 Å². The summed E-state index contributed by atoms with van der Waals surface area (Å²) in [5.41, 5.74) is 2.39. The third kappa shape index (κ3) is 3.97. The van der Waals surface area contributed by atoms with Crippen LogP contribution in [-0.4, -0.2) is 21.8 Å². The number of aliphatic imine (C=N–C) groups is 1. The molecule has 0 radical (unpaired) electrons. The first-order valence-corrected chi connectivity index (χ1v) is 12.1. The number of oxime groups is 1. The molecule has 1 aliphatic carbocycles. The summed E-state index contributed by atoms with van der Waals surface area (Å²) in [6, 6.07) is 24.7. The predicted octanol–water partition coefficient (Wildman–Crippen LogP) is 6.59. The maximum Gasteiger partial charge on any atom is 0.332 e. The minimum Gasteiger partial charge on any atom is -0.318 e. The number of aryl methyl sites for hydroxylation is 1. The van der Waals surface area contributed by atoms with Gasteiger partial charge in [-0.1, -0.05) is 83.1 Å². The Hall–Kier alpha value is -3.22. The van der Waals surface area contributed by atoms with E-state index in [1.54, 1.807) is 12.1 Å². The van der Waals surface area contributed by atoms with Gasteiger partial charge in [-0.15, -0.1) is 0 Å². The van der Waals surface area contributed by atoms with Crippen LogP contribution < -0.4 is 0 Å². The van der Waals surface area contributed by atoms with Gasteiger partial charge in [-0.05, 0) is 48.2 Å². The van der Waals surface area contributed by atoms with E-state index in [1.807, 2.05) is 66.7 Å². The van der Waals surface area contributed by atoms with Crippen LogP contribution in [0.1, 0.15) is 40.7 Å². The standard InChI is InChI=1S/C27H21ClN2O3S/c1-17(31)33-30-25-23(19-8-3-2-4-9-19)27(16-15-18-7-5-6-10-22(18)24(27)32)26(34-25)29-21-13-11-20(28)12-14-21/h2-14,23H,15-16H2,1H3/b29-26?,30-25-/t23-,27+/m0/s1. The Labute approximate surface area is 206 Å². The smallest absolute Gasteiger partial charge is 0.318 e. The molecule has 0 saturated carbocycles. The molecule has 170 valence electrons. The highest BCUT2D eigenvalue weighted by Crippen LogP contribution is 2.57. The zero-order chi connectivity index (χ0) is 23.7. The molecular formula is C27H21ClN2O3S. The van der Waals surface area contributed by atoms with Crippen LogP contribution in [0.3, 0.4) is 0 Å². The summed E-state index contributed by atoms with van der Waals surface area (Å²) in [5.74, 6) is -0.932. The van der Waals surface area contributed by atoms with Gasteiger partial charge in [-0.3, -0.25) is 4.79 Å². The Morgan fingerprint density at radius 3 is 2.47 bits per heavy atom. The fourth-order valence-corrected chi connectivity index (χ4v) is 6.22. The van der Waals surface area contributed by atoms with E-state index < -0.39 is 17.3 Å². The molecule has 0 bridgehead atoms. The van der Waals surface area contributed by atoms with E-state index in [-0.39, 0.29) is 5.78 Å². The number of benzene rings is 3. The first-order valence-electron chi connectivity index (χ1n) is 10.9. The van der Waals surface area contributed by atoms with Crippen LogP contribution in [-0.2, 0) is 16.1 Å². The van der Waals surface area contributed by atoms with Crippen LogP contribution >= 0.6 is 23.4 Å². The molecule has 2 aliphatic rings. The van der Waals surface area contributed by atoms with E-state index >= 15 is 0 Å². The van der Waals surface area contributed by atoms with Crippen molar-refractivity contribution in [2.45, 2.75) is 25.7 Å². The maximum atomic E-state index is 14.3. The minimum atomic E-state index is -0.959. The predicted molar refractivity (Wildman–Crippen MR) is 136 cm³/mol. The summed E-state index contributed by atoms with van der Waals surface area (Å²) in [5, 5.41) is 6.00. The van der Waals surface area contributed by atoms with Gasteiger partial charge in [0, 0.05) is 17.5 Å². The van der Waals surface area contributed by atoms with Gasteiger partial charge in [0.1, 0.15) is 5.04 Å². The zero-order valence-electron chi connectivity index (χ0n) is 18.4. The molecule has 3 aromatic carbocycles. The lowest BCUT2D eigenvalue weighted by atomic mass is 9.62. The Morgan fingerprint density at radius 2 is 1.74 bits per heavy atom. The number of hydrogen-bond acceptors (Lipinski definition) is 6. The van der Waals surface area contributed by atoms with Crippen LogP contribution in [0, 0.1) is 5.41 Å². The van der Waals surface area contributed by atoms with Crippen molar-refractivity contribution in [3.05, 3.63) is 101 Å². The van der Waals surface area contributed by atoms with Crippen molar-refractivity contribution in [3.63, 3.8) is 0 Å². The molecule has 0 unspecified atom stereocenters. The summed E-state index contributed by atoms with van der Waals surface area (Å²) in [6.45, 7) is 1.31. The number of Topliss-reactive ketones (excluding diaryl/α,β-unsaturated/α-hetero) is 1. The van der Waals surface area contributed by atoms with Gasteiger partial charge in [-0.25, -0.2) is 9.79 Å². The van der Waals surface area contributed by atoms with Crippen molar-refractivity contribution >= 4 is 50.9 Å². The van der Waals surface area contributed by atoms with Crippen LogP contribution in [0.15, 0.2) is 89.0 Å². The highest BCUT2D eigenvalue weighted by molar-refractivity contribution is 8.27. The first kappa shape index (κ1) is 22.6. The highest BCUT2D eigenvalue weighted by atomic mass is 35.5. The third-order valence-electron chi connectivity index (χ3n) is 6.23. The van der Waals surface area contributed by atoms with Gasteiger partial charge in [0.2, 0.25) is 0 Å². The van der Waals surface area contributed by atoms with Crippen LogP contribution in [0.5, 0.6) is 0 Å². The fraction of sp³-hybridized carbons (Fsp3) is 0.185. The van der Waals surface area contributed by atoms with Crippen LogP contribution in [0.4, 0.5) is 5.69 Å². The summed E-state index contributed by atoms with van der Waals surface area (Å²) < 4.78 is 0. The molecule has 5 nitrogen and oxygen atoms in total. The largest absolute Gasteiger partial charge is 0.332 e. The summed E-state index contributed by atoms with van der Waals surface area (Å²) in [4.78, 5) is 35.9. The second kappa shape index (κ2) is 9.20. The van der Waals surface area contributed by atoms with E-state index in [0.717, 1.165) is 17.5 Å². The number of halogens is 1. The summed E-state index contributed by atoms with van der Waals surface area (Å²) in [6.07, 6.45) is 1.30. The van der Waals surface area contributed by atoms with Crippen molar-refractivity contribution < 1.29 is 14.4 Å². The number of thioether (sulfide) groups is 1. The van der Waals surface area contributed by atoms with E-state index in [9.17, 15) is 9.59 Å². The van der Waals surface area contributed by atoms with Crippen LogP contribution in [0.2, 0.25) is 5.02 Å². The molecule has 1 aliphatic heterocycles. The molecule has 1 fully saturated rings. The van der Waals surface area contributed by atoms with E-state index in [2.05, 4.69) is 5.16 Å². The molecule has 1 saturated heterocycles. The van der Waals surface area contributed by atoms with Gasteiger partial charge in [0.15, 0.2) is 5.78 Å². The SMILES string of the molecule is CC(=O)O/N=C1\SC(=Nc2ccc(Cl)cc2)[C@]2(CCc3ccccc3C2=O)[C@H]1c1ccccc1. The Bertz CT molecular complexity index is 1320. The third-order valence-corrected chi connectivity index (χ3v) is 7.65. The number of ketones is 1. The van der Waals surface area contributed by atoms with Crippen LogP contribution in [0.25, 0.3) is 0 Å². The van der Waals surface area contributed by atoms with Crippen molar-refractivity contribution in [3.8, 4) is 0 Å². The second-order valence-corrected chi connectivity index (χ2v) is 9.75.